The summed E-state index contributed by atoms with van der Waals surface area (Å²) >= 11 is 5.86. The van der Waals surface area contributed by atoms with E-state index < -0.39 is 0 Å². The highest BCUT2D eigenvalue weighted by molar-refractivity contribution is 6.30. The van der Waals surface area contributed by atoms with Crippen LogP contribution < -0.4 is 15.2 Å². The maximum absolute atomic E-state index is 8.44. The molecule has 0 aliphatic carbocycles. The number of nitriles is 1. The van der Waals surface area contributed by atoms with Crippen molar-refractivity contribution in [3.05, 3.63) is 22.7 Å². The molecule has 80 valence electrons. The zero-order valence-electron chi connectivity index (χ0n) is 8.29. The van der Waals surface area contributed by atoms with Crippen LogP contribution in [0.4, 0.5) is 0 Å². The summed E-state index contributed by atoms with van der Waals surface area (Å²) < 4.78 is 10.3. The van der Waals surface area contributed by atoms with Crippen molar-refractivity contribution in [2.45, 2.75) is 6.54 Å². The minimum absolute atomic E-state index is 0.0506. The smallest absolute Gasteiger partial charge is 0.174 e. The minimum atomic E-state index is -0.0506. The average Bonchev–Trinajstić information content (AvgIpc) is 2.26. The monoisotopic (exact) mass is 226 g/mol. The van der Waals surface area contributed by atoms with Gasteiger partial charge in [0.15, 0.2) is 18.1 Å². The molecule has 1 aromatic carbocycles. The summed E-state index contributed by atoms with van der Waals surface area (Å²) in [6.45, 7) is 0.225. The molecule has 0 radical (unpaired) electrons. The largest absolute Gasteiger partial charge is 0.493 e. The van der Waals surface area contributed by atoms with Crippen LogP contribution in [0.25, 0.3) is 0 Å². The van der Waals surface area contributed by atoms with Gasteiger partial charge in [-0.05, 0) is 6.07 Å². The van der Waals surface area contributed by atoms with Gasteiger partial charge in [0.1, 0.15) is 6.07 Å². The van der Waals surface area contributed by atoms with Gasteiger partial charge in [0.25, 0.3) is 0 Å². The third-order valence-corrected chi connectivity index (χ3v) is 2.04. The Kier molecular flexibility index (Phi) is 4.22. The van der Waals surface area contributed by atoms with E-state index in [4.69, 9.17) is 32.1 Å². The molecule has 0 aliphatic heterocycles. The molecular weight excluding hydrogens is 216 g/mol. The molecule has 0 atom stereocenters. The summed E-state index contributed by atoms with van der Waals surface area (Å²) in [5.74, 6) is 0.962. The lowest BCUT2D eigenvalue weighted by Crippen LogP contribution is -2.04. The quantitative estimate of drug-likeness (QED) is 0.849. The molecule has 15 heavy (non-hydrogen) atoms. The summed E-state index contributed by atoms with van der Waals surface area (Å²) in [7, 11) is 1.51. The second-order valence-corrected chi connectivity index (χ2v) is 3.18. The maximum atomic E-state index is 8.44. The number of hydrogen-bond acceptors (Lipinski definition) is 4. The van der Waals surface area contributed by atoms with E-state index in [1.807, 2.05) is 6.07 Å². The summed E-state index contributed by atoms with van der Waals surface area (Å²) in [5.41, 5.74) is 6.25. The number of benzene rings is 1. The minimum Gasteiger partial charge on any atom is -0.493 e. The standard InChI is InChI=1S/C10H11ClN2O2/c1-14-9-5-8(11)4-7(6-13)10(9)15-3-2-12/h4-5H,3,6,13H2,1H3. The lowest BCUT2D eigenvalue weighted by molar-refractivity contribution is 0.326. The maximum Gasteiger partial charge on any atom is 0.174 e. The molecule has 0 bridgehead atoms. The summed E-state index contributed by atoms with van der Waals surface area (Å²) in [5, 5.41) is 8.96. The Bertz CT molecular complexity index is 362. The number of nitrogens with two attached hydrogens (primary N) is 1. The Hall–Kier alpha value is -1.44. The molecule has 0 saturated carbocycles. The molecule has 1 rings (SSSR count). The summed E-state index contributed by atoms with van der Waals surface area (Å²) in [6, 6.07) is 5.19. The molecule has 0 amide bonds. The van der Waals surface area contributed by atoms with E-state index in [0.29, 0.717) is 16.5 Å². The van der Waals surface area contributed by atoms with Gasteiger partial charge in [0.05, 0.1) is 7.11 Å². The molecule has 0 fully saturated rings. The fraction of sp³-hybridized carbons (Fsp3) is 0.300. The number of methoxy groups -OCH3 is 1. The van der Waals surface area contributed by atoms with Crippen LogP contribution in [0.2, 0.25) is 5.02 Å². The third-order valence-electron chi connectivity index (χ3n) is 1.82. The number of hydrogen-bond donors (Lipinski definition) is 1. The number of ether oxygens (including phenoxy) is 2. The highest BCUT2D eigenvalue weighted by Gasteiger charge is 2.11. The topological polar surface area (TPSA) is 68.3 Å². The lowest BCUT2D eigenvalue weighted by atomic mass is 10.2. The van der Waals surface area contributed by atoms with Crippen molar-refractivity contribution in [2.24, 2.45) is 5.73 Å². The summed E-state index contributed by atoms with van der Waals surface area (Å²) in [6.07, 6.45) is 0. The van der Waals surface area contributed by atoms with Crippen molar-refractivity contribution >= 4 is 11.6 Å². The summed E-state index contributed by atoms with van der Waals surface area (Å²) in [4.78, 5) is 0. The van der Waals surface area contributed by atoms with Crippen LogP contribution in [-0.4, -0.2) is 13.7 Å². The van der Waals surface area contributed by atoms with Gasteiger partial charge in [-0.3, -0.25) is 0 Å². The van der Waals surface area contributed by atoms with Gasteiger partial charge in [-0.25, -0.2) is 0 Å². The van der Waals surface area contributed by atoms with E-state index in [9.17, 15) is 0 Å². The van der Waals surface area contributed by atoms with E-state index in [0.717, 1.165) is 5.56 Å². The van der Waals surface area contributed by atoms with Crippen molar-refractivity contribution in [3.63, 3.8) is 0 Å². The molecule has 1 aromatic rings. The fourth-order valence-electron chi connectivity index (χ4n) is 1.19. The van der Waals surface area contributed by atoms with E-state index in [1.165, 1.54) is 7.11 Å². The van der Waals surface area contributed by atoms with Crippen molar-refractivity contribution < 1.29 is 9.47 Å². The molecule has 4 nitrogen and oxygen atoms in total. The third kappa shape index (κ3) is 2.75. The molecule has 0 unspecified atom stereocenters. The number of nitrogens with zero attached hydrogens (tertiary/aromatic N) is 1. The molecule has 0 saturated heterocycles. The van der Waals surface area contributed by atoms with Gasteiger partial charge in [-0.1, -0.05) is 11.6 Å². The van der Waals surface area contributed by atoms with Gasteiger partial charge in [0.2, 0.25) is 0 Å². The average molecular weight is 227 g/mol. The van der Waals surface area contributed by atoms with Gasteiger partial charge < -0.3 is 15.2 Å². The lowest BCUT2D eigenvalue weighted by Gasteiger charge is -2.12. The zero-order chi connectivity index (χ0) is 11.3. The van der Waals surface area contributed by atoms with Gasteiger partial charge >= 0.3 is 0 Å². The van der Waals surface area contributed by atoms with Crippen molar-refractivity contribution in [1.29, 1.82) is 5.26 Å². The van der Waals surface area contributed by atoms with Crippen LogP contribution >= 0.6 is 11.6 Å². The van der Waals surface area contributed by atoms with Crippen LogP contribution in [0.3, 0.4) is 0 Å². The molecule has 0 spiro atoms. The van der Waals surface area contributed by atoms with Crippen LogP contribution in [0.5, 0.6) is 11.5 Å². The Labute approximate surface area is 93.2 Å². The molecular formula is C10H11ClN2O2. The van der Waals surface area contributed by atoms with E-state index in [2.05, 4.69) is 0 Å². The van der Waals surface area contributed by atoms with E-state index in [1.54, 1.807) is 12.1 Å². The Morgan fingerprint density at radius 2 is 2.27 bits per heavy atom. The van der Waals surface area contributed by atoms with Crippen molar-refractivity contribution in [3.8, 4) is 17.6 Å². The first-order valence-electron chi connectivity index (χ1n) is 4.29. The van der Waals surface area contributed by atoms with Gasteiger partial charge in [0, 0.05) is 23.2 Å². The highest BCUT2D eigenvalue weighted by atomic mass is 35.5. The number of rotatable bonds is 4. The Morgan fingerprint density at radius 1 is 1.53 bits per heavy atom. The van der Waals surface area contributed by atoms with Crippen molar-refractivity contribution in [1.82, 2.24) is 0 Å². The highest BCUT2D eigenvalue weighted by Crippen LogP contribution is 2.34. The molecule has 5 heteroatoms. The van der Waals surface area contributed by atoms with Gasteiger partial charge in [-0.2, -0.15) is 5.26 Å². The Balaban J connectivity index is 3.13. The molecule has 2 N–H and O–H groups in total. The van der Waals surface area contributed by atoms with Crippen LogP contribution in [0, 0.1) is 11.3 Å². The normalized spacial score (nSPS) is 9.47. The second kappa shape index (κ2) is 5.44. The van der Waals surface area contributed by atoms with E-state index in [-0.39, 0.29) is 13.2 Å². The predicted octanol–water partition coefficient (Wildman–Crippen LogP) is 1.71. The van der Waals surface area contributed by atoms with Gasteiger partial charge in [-0.15, -0.1) is 0 Å². The number of halogens is 1. The van der Waals surface area contributed by atoms with Crippen molar-refractivity contribution in [2.75, 3.05) is 13.7 Å². The molecule has 0 heterocycles. The SMILES string of the molecule is COc1cc(Cl)cc(CN)c1OCC#N. The fourth-order valence-corrected chi connectivity index (χ4v) is 1.43. The first-order chi connectivity index (χ1) is 7.22. The first kappa shape index (κ1) is 11.6. The van der Waals surface area contributed by atoms with Crippen LogP contribution in [0.1, 0.15) is 5.56 Å². The van der Waals surface area contributed by atoms with Crippen LogP contribution in [-0.2, 0) is 6.54 Å². The predicted molar refractivity (Wildman–Crippen MR) is 57.0 cm³/mol. The van der Waals surface area contributed by atoms with E-state index >= 15 is 0 Å². The molecule has 0 aromatic heterocycles. The zero-order valence-corrected chi connectivity index (χ0v) is 9.04. The second-order valence-electron chi connectivity index (χ2n) is 2.75. The molecule has 0 aliphatic rings. The van der Waals surface area contributed by atoms with Crippen LogP contribution in [0.15, 0.2) is 12.1 Å². The Morgan fingerprint density at radius 3 is 2.80 bits per heavy atom. The first-order valence-corrected chi connectivity index (χ1v) is 4.67.